The summed E-state index contributed by atoms with van der Waals surface area (Å²) in [5.41, 5.74) is 9.50. The van der Waals surface area contributed by atoms with E-state index in [0.29, 0.717) is 18.6 Å². The first-order valence-corrected chi connectivity index (χ1v) is 6.73. The molecule has 2 N–H and O–H groups in total. The monoisotopic (exact) mass is 248 g/mol. The largest absolute Gasteiger partial charge is 0.379 e. The minimum Gasteiger partial charge on any atom is -0.379 e. The van der Waals surface area contributed by atoms with Gasteiger partial charge in [-0.05, 0) is 36.5 Å². The van der Waals surface area contributed by atoms with Gasteiger partial charge in [0.25, 0.3) is 0 Å². The van der Waals surface area contributed by atoms with Crippen LogP contribution < -0.4 is 10.6 Å². The fraction of sp³-hybridized carbons (Fsp3) is 0.600. The predicted molar refractivity (Wildman–Crippen MR) is 75.9 cm³/mol. The van der Waals surface area contributed by atoms with Crippen molar-refractivity contribution in [3.05, 3.63) is 29.3 Å². The molecule has 2 atom stereocenters. The minimum absolute atomic E-state index is 0.340. The van der Waals surface area contributed by atoms with Gasteiger partial charge in [0.2, 0.25) is 0 Å². The van der Waals surface area contributed by atoms with Gasteiger partial charge in [0.1, 0.15) is 0 Å². The van der Waals surface area contributed by atoms with Crippen molar-refractivity contribution >= 4 is 5.69 Å². The van der Waals surface area contributed by atoms with Crippen molar-refractivity contribution in [3.63, 3.8) is 0 Å². The number of methoxy groups -OCH3 is 1. The van der Waals surface area contributed by atoms with Gasteiger partial charge in [0.15, 0.2) is 0 Å². The number of aryl methyl sites for hydroxylation is 1. The Balaban J connectivity index is 2.16. The van der Waals surface area contributed by atoms with Crippen LogP contribution in [0.25, 0.3) is 0 Å². The van der Waals surface area contributed by atoms with Crippen LogP contribution in [0.5, 0.6) is 0 Å². The van der Waals surface area contributed by atoms with Gasteiger partial charge < -0.3 is 15.4 Å². The maximum atomic E-state index is 5.68. The molecule has 3 heteroatoms. The Hall–Kier alpha value is -1.06. The van der Waals surface area contributed by atoms with Crippen LogP contribution in [0.15, 0.2) is 18.2 Å². The van der Waals surface area contributed by atoms with Crippen LogP contribution in [0.4, 0.5) is 5.69 Å². The standard InChI is InChI=1S/C15H24N2O/c1-11-6-7-17(10-15(11)18-3)14-5-4-13(9-16)8-12(14)2/h4-5,8,11,15H,6-7,9-10,16H2,1-3H3. The van der Waals surface area contributed by atoms with Crippen LogP contribution in [-0.4, -0.2) is 26.3 Å². The van der Waals surface area contributed by atoms with Gasteiger partial charge in [0, 0.05) is 32.4 Å². The molecule has 0 saturated carbocycles. The highest BCUT2D eigenvalue weighted by molar-refractivity contribution is 5.55. The van der Waals surface area contributed by atoms with Crippen LogP contribution in [0.1, 0.15) is 24.5 Å². The van der Waals surface area contributed by atoms with E-state index in [9.17, 15) is 0 Å². The zero-order valence-electron chi connectivity index (χ0n) is 11.6. The summed E-state index contributed by atoms with van der Waals surface area (Å²) >= 11 is 0. The normalized spacial score (nSPS) is 24.3. The quantitative estimate of drug-likeness (QED) is 0.892. The molecule has 1 fully saturated rings. The number of ether oxygens (including phenoxy) is 1. The van der Waals surface area contributed by atoms with Crippen molar-refractivity contribution < 1.29 is 4.74 Å². The summed E-state index contributed by atoms with van der Waals surface area (Å²) in [7, 11) is 1.81. The molecule has 1 aliphatic rings. The SMILES string of the molecule is COC1CN(c2ccc(CN)cc2C)CCC1C. The number of benzene rings is 1. The molecule has 1 aromatic carbocycles. The van der Waals surface area contributed by atoms with Crippen LogP contribution in [0, 0.1) is 12.8 Å². The van der Waals surface area contributed by atoms with Gasteiger partial charge in [-0.25, -0.2) is 0 Å². The molecule has 18 heavy (non-hydrogen) atoms. The molecule has 2 unspecified atom stereocenters. The summed E-state index contributed by atoms with van der Waals surface area (Å²) in [5, 5.41) is 0. The lowest BCUT2D eigenvalue weighted by Crippen LogP contribution is -2.44. The van der Waals surface area contributed by atoms with Gasteiger partial charge in [-0.3, -0.25) is 0 Å². The Morgan fingerprint density at radius 3 is 2.83 bits per heavy atom. The number of nitrogens with zero attached hydrogens (tertiary/aromatic N) is 1. The molecule has 0 spiro atoms. The van der Waals surface area contributed by atoms with Crippen molar-refractivity contribution in [2.45, 2.75) is 32.9 Å². The average Bonchev–Trinajstić information content (AvgIpc) is 2.39. The average molecular weight is 248 g/mol. The van der Waals surface area contributed by atoms with Crippen molar-refractivity contribution in [2.75, 3.05) is 25.1 Å². The van der Waals surface area contributed by atoms with Gasteiger partial charge in [-0.2, -0.15) is 0 Å². The number of anilines is 1. The Kier molecular flexibility index (Phi) is 4.25. The Labute approximate surface area is 110 Å². The van der Waals surface area contributed by atoms with E-state index < -0.39 is 0 Å². The van der Waals surface area contributed by atoms with Crippen molar-refractivity contribution in [1.29, 1.82) is 0 Å². The highest BCUT2D eigenvalue weighted by atomic mass is 16.5. The summed E-state index contributed by atoms with van der Waals surface area (Å²) < 4.78 is 5.58. The molecule has 0 radical (unpaired) electrons. The van der Waals surface area contributed by atoms with E-state index in [-0.39, 0.29) is 0 Å². The molecule has 3 nitrogen and oxygen atoms in total. The van der Waals surface area contributed by atoms with Crippen molar-refractivity contribution in [2.24, 2.45) is 11.7 Å². The smallest absolute Gasteiger partial charge is 0.0772 e. The lowest BCUT2D eigenvalue weighted by atomic mass is 9.94. The summed E-state index contributed by atoms with van der Waals surface area (Å²) in [5.74, 6) is 0.648. The molecule has 2 rings (SSSR count). The van der Waals surface area contributed by atoms with E-state index in [0.717, 1.165) is 13.1 Å². The first-order valence-electron chi connectivity index (χ1n) is 6.73. The molecule has 1 heterocycles. The summed E-state index contributed by atoms with van der Waals surface area (Å²) in [6, 6.07) is 6.51. The lowest BCUT2D eigenvalue weighted by Gasteiger charge is -2.38. The third-order valence-electron chi connectivity index (χ3n) is 4.03. The second kappa shape index (κ2) is 5.72. The number of piperidine rings is 1. The van der Waals surface area contributed by atoms with E-state index in [4.69, 9.17) is 10.5 Å². The molecule has 0 aromatic heterocycles. The third-order valence-corrected chi connectivity index (χ3v) is 4.03. The summed E-state index contributed by atoms with van der Waals surface area (Å²) in [6.07, 6.45) is 1.53. The fourth-order valence-electron chi connectivity index (χ4n) is 2.76. The van der Waals surface area contributed by atoms with Gasteiger partial charge in [-0.1, -0.05) is 19.1 Å². The maximum Gasteiger partial charge on any atom is 0.0772 e. The van der Waals surface area contributed by atoms with Crippen LogP contribution in [-0.2, 0) is 11.3 Å². The maximum absolute atomic E-state index is 5.68. The van der Waals surface area contributed by atoms with Crippen molar-refractivity contribution in [1.82, 2.24) is 0 Å². The number of rotatable bonds is 3. The predicted octanol–water partition coefficient (Wildman–Crippen LogP) is 2.31. The Morgan fingerprint density at radius 2 is 2.22 bits per heavy atom. The molecule has 1 aliphatic heterocycles. The van der Waals surface area contributed by atoms with Crippen LogP contribution in [0.3, 0.4) is 0 Å². The molecular weight excluding hydrogens is 224 g/mol. The highest BCUT2D eigenvalue weighted by Gasteiger charge is 2.26. The molecule has 100 valence electrons. The zero-order chi connectivity index (χ0) is 13.1. The van der Waals surface area contributed by atoms with Crippen LogP contribution in [0.2, 0.25) is 0 Å². The Morgan fingerprint density at radius 1 is 1.44 bits per heavy atom. The van der Waals surface area contributed by atoms with E-state index in [2.05, 4.69) is 36.9 Å². The second-order valence-electron chi connectivity index (χ2n) is 5.31. The number of nitrogens with two attached hydrogens (primary N) is 1. The first-order chi connectivity index (χ1) is 8.65. The summed E-state index contributed by atoms with van der Waals surface area (Å²) in [4.78, 5) is 2.43. The molecule has 0 aliphatic carbocycles. The fourth-order valence-corrected chi connectivity index (χ4v) is 2.76. The van der Waals surface area contributed by atoms with Gasteiger partial charge in [0.05, 0.1) is 6.10 Å². The second-order valence-corrected chi connectivity index (χ2v) is 5.31. The number of hydrogen-bond donors (Lipinski definition) is 1. The van der Waals surface area contributed by atoms with Crippen LogP contribution >= 0.6 is 0 Å². The highest BCUT2D eigenvalue weighted by Crippen LogP contribution is 2.27. The van der Waals surface area contributed by atoms with Gasteiger partial charge in [-0.15, -0.1) is 0 Å². The topological polar surface area (TPSA) is 38.5 Å². The minimum atomic E-state index is 0.340. The van der Waals surface area contributed by atoms with E-state index >= 15 is 0 Å². The molecule has 0 bridgehead atoms. The molecule has 0 amide bonds. The van der Waals surface area contributed by atoms with E-state index in [1.807, 2.05) is 7.11 Å². The zero-order valence-corrected chi connectivity index (χ0v) is 11.6. The lowest BCUT2D eigenvalue weighted by molar-refractivity contribution is 0.0498. The van der Waals surface area contributed by atoms with Crippen molar-refractivity contribution in [3.8, 4) is 0 Å². The molecule has 1 aromatic rings. The summed E-state index contributed by atoms with van der Waals surface area (Å²) in [6.45, 7) is 7.15. The third kappa shape index (κ3) is 2.68. The van der Waals surface area contributed by atoms with E-state index in [1.165, 1.54) is 23.2 Å². The number of hydrogen-bond acceptors (Lipinski definition) is 3. The van der Waals surface area contributed by atoms with E-state index in [1.54, 1.807) is 0 Å². The first kappa shape index (κ1) is 13.4. The molecular formula is C15H24N2O. The van der Waals surface area contributed by atoms with Gasteiger partial charge >= 0.3 is 0 Å². The Bertz CT molecular complexity index is 405. The molecule has 1 saturated heterocycles.